The third kappa shape index (κ3) is 6.24. The highest BCUT2D eigenvalue weighted by molar-refractivity contribution is 6.11. The molecule has 0 unspecified atom stereocenters. The zero-order valence-corrected chi connectivity index (χ0v) is 26.2. The molecule has 9 rings (SSSR count). The van der Waals surface area contributed by atoms with Gasteiger partial charge in [0.2, 0.25) is 0 Å². The van der Waals surface area contributed by atoms with Crippen molar-refractivity contribution in [3.8, 4) is 0 Å². The summed E-state index contributed by atoms with van der Waals surface area (Å²) in [6.45, 7) is 6.29. The lowest BCUT2D eigenvalue weighted by atomic mass is 9.99. The van der Waals surface area contributed by atoms with Crippen molar-refractivity contribution in [2.45, 2.75) is 35.6 Å². The molecule has 6 aromatic carbocycles. The highest BCUT2D eigenvalue weighted by Crippen LogP contribution is 2.30. The zero-order chi connectivity index (χ0) is 31.2. The molecular formula is C38H41N9. The average molecular weight is 624 g/mol. The summed E-state index contributed by atoms with van der Waals surface area (Å²) >= 11 is 0. The predicted molar refractivity (Wildman–Crippen MR) is 196 cm³/mol. The molecule has 47 heavy (non-hydrogen) atoms. The van der Waals surface area contributed by atoms with Crippen LogP contribution >= 0.6 is 0 Å². The maximum absolute atomic E-state index is 4.49. The van der Waals surface area contributed by atoms with Crippen molar-refractivity contribution >= 4 is 65.4 Å². The SMILES string of the molecule is C.C.Cc1cc2nn(C)nc2c2cc3ccccc3cc12.Cc1cc2nn(C)nc2c2ccccc12.Cc1ccc2nn(C)nc2c1. The molecule has 3 aromatic heterocycles. The van der Waals surface area contributed by atoms with E-state index in [1.807, 2.05) is 52.3 Å². The highest BCUT2D eigenvalue weighted by atomic mass is 15.5. The Hall–Kier alpha value is -5.70. The van der Waals surface area contributed by atoms with Crippen LogP contribution < -0.4 is 0 Å². The second-order valence-corrected chi connectivity index (χ2v) is 11.5. The lowest BCUT2D eigenvalue weighted by molar-refractivity contribution is 0.665. The van der Waals surface area contributed by atoms with E-state index in [0.717, 1.165) is 33.1 Å². The molecule has 0 saturated heterocycles. The molecule has 9 nitrogen and oxygen atoms in total. The van der Waals surface area contributed by atoms with Crippen LogP contribution in [0, 0.1) is 20.8 Å². The minimum Gasteiger partial charge on any atom is -0.187 e. The van der Waals surface area contributed by atoms with Crippen LogP contribution in [0.3, 0.4) is 0 Å². The van der Waals surface area contributed by atoms with Crippen LogP contribution in [0.2, 0.25) is 0 Å². The molecule has 0 bridgehead atoms. The number of nitrogens with zero attached hydrogens (tertiary/aromatic N) is 9. The minimum atomic E-state index is 0. The van der Waals surface area contributed by atoms with Crippen molar-refractivity contribution in [1.29, 1.82) is 0 Å². The fraction of sp³-hybridized carbons (Fsp3) is 0.211. The number of rotatable bonds is 0. The van der Waals surface area contributed by atoms with Gasteiger partial charge in [0.1, 0.15) is 33.1 Å². The molecule has 0 N–H and O–H groups in total. The average Bonchev–Trinajstić information content (AvgIpc) is 3.71. The van der Waals surface area contributed by atoms with Gasteiger partial charge in [0, 0.05) is 31.9 Å². The molecule has 0 saturated carbocycles. The van der Waals surface area contributed by atoms with Crippen molar-refractivity contribution < 1.29 is 0 Å². The van der Waals surface area contributed by atoms with Crippen molar-refractivity contribution in [3.63, 3.8) is 0 Å². The van der Waals surface area contributed by atoms with E-state index in [0.29, 0.717) is 0 Å². The first kappa shape index (κ1) is 32.7. The Morgan fingerprint density at radius 3 is 1.51 bits per heavy atom. The van der Waals surface area contributed by atoms with E-state index in [1.54, 1.807) is 14.4 Å². The van der Waals surface area contributed by atoms with Gasteiger partial charge < -0.3 is 0 Å². The molecule has 0 aliphatic carbocycles. The van der Waals surface area contributed by atoms with Gasteiger partial charge in [0.15, 0.2) is 0 Å². The summed E-state index contributed by atoms with van der Waals surface area (Å²) in [6.07, 6.45) is 0. The van der Waals surface area contributed by atoms with Crippen molar-refractivity contribution in [1.82, 2.24) is 45.0 Å². The fourth-order valence-corrected chi connectivity index (χ4v) is 5.92. The quantitative estimate of drug-likeness (QED) is 0.157. The number of fused-ring (bicyclic) bond motifs is 8. The summed E-state index contributed by atoms with van der Waals surface area (Å²) in [7, 11) is 5.54. The first-order chi connectivity index (χ1) is 21.7. The van der Waals surface area contributed by atoms with Gasteiger partial charge in [-0.1, -0.05) is 69.5 Å². The largest absolute Gasteiger partial charge is 0.187 e. The van der Waals surface area contributed by atoms with Crippen molar-refractivity contribution in [3.05, 3.63) is 108 Å². The Kier molecular flexibility index (Phi) is 9.01. The Morgan fingerprint density at radius 1 is 0.404 bits per heavy atom. The van der Waals surface area contributed by atoms with E-state index in [2.05, 4.69) is 111 Å². The van der Waals surface area contributed by atoms with Gasteiger partial charge in [-0.15, -0.1) is 0 Å². The second-order valence-electron chi connectivity index (χ2n) is 11.5. The van der Waals surface area contributed by atoms with Gasteiger partial charge >= 0.3 is 0 Å². The summed E-state index contributed by atoms with van der Waals surface area (Å²) in [6, 6.07) is 31.5. The Labute approximate surface area is 274 Å². The van der Waals surface area contributed by atoms with Gasteiger partial charge in [0.05, 0.1) is 0 Å². The summed E-state index contributed by atoms with van der Waals surface area (Å²) in [5, 5.41) is 33.3. The van der Waals surface area contributed by atoms with Crippen molar-refractivity contribution in [2.75, 3.05) is 0 Å². The van der Waals surface area contributed by atoms with Gasteiger partial charge in [-0.25, -0.2) is 0 Å². The molecule has 0 aliphatic heterocycles. The number of benzene rings is 6. The smallest absolute Gasteiger partial charge is 0.121 e. The van der Waals surface area contributed by atoms with Gasteiger partial charge in [0.25, 0.3) is 0 Å². The van der Waals surface area contributed by atoms with Crippen LogP contribution in [0.1, 0.15) is 31.5 Å². The fourth-order valence-electron chi connectivity index (χ4n) is 5.92. The van der Waals surface area contributed by atoms with Crippen LogP contribution in [0.4, 0.5) is 0 Å². The standard InChI is InChI=1S/C16H13N3.C12H11N3.C8H9N3.2CH4/c1-10-7-15-16(18-19(2)17-15)14-9-12-6-4-3-5-11(12)8-13(10)14;1-8-7-11-12(14-15(2)13-11)10-6-4-3-5-9(8)10;1-6-3-4-7-8(5-6)10-11(2)9-7;;/h3-9H,1-2H3;3-7H,1-2H3;3-5H,1-2H3;2*1H4. The van der Waals surface area contributed by atoms with E-state index in [-0.39, 0.29) is 14.9 Å². The molecule has 9 heteroatoms. The van der Waals surface area contributed by atoms with Crippen molar-refractivity contribution in [2.24, 2.45) is 21.1 Å². The molecule has 0 fully saturated rings. The molecule has 0 radical (unpaired) electrons. The molecule has 0 atom stereocenters. The Morgan fingerprint density at radius 2 is 0.872 bits per heavy atom. The van der Waals surface area contributed by atoms with E-state index < -0.39 is 0 Å². The third-order valence-electron chi connectivity index (χ3n) is 7.99. The summed E-state index contributed by atoms with van der Waals surface area (Å²) in [4.78, 5) is 4.85. The normalized spacial score (nSPS) is 10.9. The molecule has 9 aromatic rings. The Balaban J connectivity index is 0.000000140. The first-order valence-corrected chi connectivity index (χ1v) is 14.8. The molecule has 0 aliphatic rings. The van der Waals surface area contributed by atoms with E-state index in [1.165, 1.54) is 49.0 Å². The number of hydrogen-bond acceptors (Lipinski definition) is 6. The second kappa shape index (κ2) is 13.0. The summed E-state index contributed by atoms with van der Waals surface area (Å²) in [5.74, 6) is 0. The molecular weight excluding hydrogens is 582 g/mol. The molecule has 0 spiro atoms. The third-order valence-corrected chi connectivity index (χ3v) is 7.99. The first-order valence-electron chi connectivity index (χ1n) is 14.8. The molecule has 238 valence electrons. The lowest BCUT2D eigenvalue weighted by Gasteiger charge is -2.05. The molecule has 3 heterocycles. The number of hydrogen-bond donors (Lipinski definition) is 0. The maximum atomic E-state index is 4.49. The van der Waals surface area contributed by atoms with Crippen LogP contribution in [-0.4, -0.2) is 45.0 Å². The van der Waals surface area contributed by atoms with E-state index in [9.17, 15) is 0 Å². The van der Waals surface area contributed by atoms with E-state index >= 15 is 0 Å². The number of aryl methyl sites for hydroxylation is 6. The maximum Gasteiger partial charge on any atom is 0.121 e. The van der Waals surface area contributed by atoms with E-state index in [4.69, 9.17) is 0 Å². The van der Waals surface area contributed by atoms with Gasteiger partial charge in [-0.3, -0.25) is 0 Å². The van der Waals surface area contributed by atoms with Gasteiger partial charge in [-0.2, -0.15) is 45.0 Å². The number of aromatic nitrogens is 9. The predicted octanol–water partition coefficient (Wildman–Crippen LogP) is 8.56. The topological polar surface area (TPSA) is 92.1 Å². The van der Waals surface area contributed by atoms with Crippen LogP contribution in [0.25, 0.3) is 65.4 Å². The van der Waals surface area contributed by atoms with Crippen LogP contribution in [-0.2, 0) is 21.1 Å². The lowest BCUT2D eigenvalue weighted by Crippen LogP contribution is -1.90. The summed E-state index contributed by atoms with van der Waals surface area (Å²) < 4.78 is 0. The highest BCUT2D eigenvalue weighted by Gasteiger charge is 2.10. The molecule has 0 amide bonds. The Bertz CT molecular complexity index is 2520. The van der Waals surface area contributed by atoms with Crippen LogP contribution in [0.5, 0.6) is 0 Å². The zero-order valence-electron chi connectivity index (χ0n) is 26.2. The monoisotopic (exact) mass is 623 g/mol. The summed E-state index contributed by atoms with van der Waals surface area (Å²) in [5.41, 5.74) is 9.53. The van der Waals surface area contributed by atoms with Gasteiger partial charge in [-0.05, 0) is 95.4 Å². The minimum absolute atomic E-state index is 0. The van der Waals surface area contributed by atoms with Crippen LogP contribution in [0.15, 0.2) is 91.0 Å².